The number of carbonyl (C=O) groups is 1. The van der Waals surface area contributed by atoms with E-state index in [0.717, 1.165) is 12.1 Å². The number of carbonyl (C=O) groups excluding carboxylic acids is 1. The molecule has 0 aliphatic carbocycles. The first-order chi connectivity index (χ1) is 6.97. The van der Waals surface area contributed by atoms with Crippen LogP contribution in [0.5, 0.6) is 0 Å². The molecule has 5 nitrogen and oxygen atoms in total. The maximum atomic E-state index is 13.0. The second-order valence-electron chi connectivity index (χ2n) is 2.70. The number of nitrogens with zero attached hydrogens (tertiary/aromatic N) is 1. The Bertz CT molecular complexity index is 436. The first-order valence-electron chi connectivity index (χ1n) is 3.80. The van der Waals surface area contributed by atoms with Crippen LogP contribution in [0.2, 0.25) is 0 Å². The lowest BCUT2D eigenvalue weighted by atomic mass is 10.1. The summed E-state index contributed by atoms with van der Waals surface area (Å²) in [5, 5.41) is 10.4. The van der Waals surface area contributed by atoms with Gasteiger partial charge in [0.05, 0.1) is 10.8 Å². The molecule has 0 bridgehead atoms. The maximum Gasteiger partial charge on any atom is 0.305 e. The number of ketones is 1. The Morgan fingerprint density at radius 2 is 2.20 bits per heavy atom. The minimum Gasteiger partial charge on any atom is -0.398 e. The van der Waals surface area contributed by atoms with Crippen LogP contribution in [0.1, 0.15) is 10.4 Å². The fourth-order valence-corrected chi connectivity index (χ4v) is 1.17. The molecule has 0 aromatic heterocycles. The zero-order valence-electron chi connectivity index (χ0n) is 7.37. The standard InChI is InChI=1S/C8H6ClFN2O3/c9-3-8(13)4-1-7(12(14)15)5(10)2-6(4)11/h1-2H,3,11H2. The molecule has 15 heavy (non-hydrogen) atoms. The molecule has 0 spiro atoms. The zero-order chi connectivity index (χ0) is 11.6. The number of nitrogen functional groups attached to an aromatic ring is 1. The third-order valence-electron chi connectivity index (χ3n) is 1.74. The van der Waals surface area contributed by atoms with Gasteiger partial charge in [0.25, 0.3) is 0 Å². The minimum absolute atomic E-state index is 0.141. The van der Waals surface area contributed by atoms with Crippen molar-refractivity contribution in [1.82, 2.24) is 0 Å². The number of Topliss-reactive ketones (excluding diaryl/α,β-unsaturated/α-hetero) is 1. The van der Waals surface area contributed by atoms with E-state index in [0.29, 0.717) is 0 Å². The summed E-state index contributed by atoms with van der Waals surface area (Å²) in [7, 11) is 0. The van der Waals surface area contributed by atoms with Crippen molar-refractivity contribution >= 4 is 28.8 Å². The molecule has 0 unspecified atom stereocenters. The molecule has 0 radical (unpaired) electrons. The highest BCUT2D eigenvalue weighted by Crippen LogP contribution is 2.24. The van der Waals surface area contributed by atoms with Crippen LogP contribution in [0.4, 0.5) is 15.8 Å². The van der Waals surface area contributed by atoms with Crippen molar-refractivity contribution in [3.8, 4) is 0 Å². The molecule has 1 aromatic carbocycles. The van der Waals surface area contributed by atoms with Crippen molar-refractivity contribution in [3.05, 3.63) is 33.6 Å². The molecule has 0 heterocycles. The molecule has 0 fully saturated rings. The van der Waals surface area contributed by atoms with Crippen molar-refractivity contribution in [3.63, 3.8) is 0 Å². The second kappa shape index (κ2) is 4.22. The molecule has 7 heteroatoms. The van der Waals surface area contributed by atoms with E-state index in [2.05, 4.69) is 0 Å². The number of hydrogen-bond donors (Lipinski definition) is 1. The van der Waals surface area contributed by atoms with Gasteiger partial charge in [-0.2, -0.15) is 4.39 Å². The molecule has 0 atom stereocenters. The molecular formula is C8H6ClFN2O3. The number of anilines is 1. The largest absolute Gasteiger partial charge is 0.398 e. The number of hydrogen-bond acceptors (Lipinski definition) is 4. The Morgan fingerprint density at radius 3 is 2.67 bits per heavy atom. The lowest BCUT2D eigenvalue weighted by Crippen LogP contribution is -2.07. The van der Waals surface area contributed by atoms with Crippen molar-refractivity contribution < 1.29 is 14.1 Å². The molecule has 0 saturated carbocycles. The van der Waals surface area contributed by atoms with Crippen molar-refractivity contribution in [1.29, 1.82) is 0 Å². The van der Waals surface area contributed by atoms with Crippen molar-refractivity contribution in [2.45, 2.75) is 0 Å². The average molecular weight is 233 g/mol. The molecule has 80 valence electrons. The molecule has 0 amide bonds. The monoisotopic (exact) mass is 232 g/mol. The van der Waals surface area contributed by atoms with Crippen LogP contribution in [0.15, 0.2) is 12.1 Å². The highest BCUT2D eigenvalue weighted by atomic mass is 35.5. The van der Waals surface area contributed by atoms with Gasteiger partial charge in [0.15, 0.2) is 5.78 Å². The summed E-state index contributed by atoms with van der Waals surface area (Å²) in [6.07, 6.45) is 0. The third-order valence-corrected chi connectivity index (χ3v) is 1.98. The molecule has 1 aromatic rings. The van der Waals surface area contributed by atoms with Gasteiger partial charge in [-0.05, 0) is 0 Å². The van der Waals surface area contributed by atoms with Gasteiger partial charge in [-0.3, -0.25) is 14.9 Å². The molecular weight excluding hydrogens is 227 g/mol. The van der Waals surface area contributed by atoms with Crippen LogP contribution in [0.25, 0.3) is 0 Å². The summed E-state index contributed by atoms with van der Waals surface area (Å²) < 4.78 is 13.0. The predicted molar refractivity (Wildman–Crippen MR) is 52.5 cm³/mol. The summed E-state index contributed by atoms with van der Waals surface area (Å²) in [5.41, 5.74) is 4.23. The van der Waals surface area contributed by atoms with Gasteiger partial charge in [0.1, 0.15) is 0 Å². The van der Waals surface area contributed by atoms with Gasteiger partial charge >= 0.3 is 5.69 Å². The Balaban J connectivity index is 3.36. The first kappa shape index (κ1) is 11.4. The van der Waals surface area contributed by atoms with Crippen LogP contribution >= 0.6 is 11.6 Å². The van der Waals surface area contributed by atoms with Crippen molar-refractivity contribution in [2.75, 3.05) is 11.6 Å². The lowest BCUT2D eigenvalue weighted by molar-refractivity contribution is -0.387. The van der Waals surface area contributed by atoms with Gasteiger partial charge in [-0.15, -0.1) is 11.6 Å². The normalized spacial score (nSPS) is 10.0. The quantitative estimate of drug-likeness (QED) is 0.283. The van der Waals surface area contributed by atoms with E-state index in [4.69, 9.17) is 17.3 Å². The highest BCUT2D eigenvalue weighted by molar-refractivity contribution is 6.31. The maximum absolute atomic E-state index is 13.0. The van der Waals surface area contributed by atoms with Crippen molar-refractivity contribution in [2.24, 2.45) is 0 Å². The van der Waals surface area contributed by atoms with Crippen LogP contribution in [-0.4, -0.2) is 16.6 Å². The molecule has 0 saturated heterocycles. The molecule has 1 rings (SSSR count). The summed E-state index contributed by atoms with van der Waals surface area (Å²) in [6, 6.07) is 1.52. The number of halogens is 2. The summed E-state index contributed by atoms with van der Waals surface area (Å²) in [5.74, 6) is -2.03. The topological polar surface area (TPSA) is 86.2 Å². The van der Waals surface area contributed by atoms with E-state index in [1.807, 2.05) is 0 Å². The van der Waals surface area contributed by atoms with Gasteiger partial charge in [0.2, 0.25) is 5.82 Å². The highest BCUT2D eigenvalue weighted by Gasteiger charge is 2.20. The molecule has 0 aliphatic heterocycles. The number of nitro groups is 1. The summed E-state index contributed by atoms with van der Waals surface area (Å²) >= 11 is 5.26. The molecule has 2 N–H and O–H groups in total. The Hall–Kier alpha value is -1.69. The van der Waals surface area contributed by atoms with E-state index in [1.54, 1.807) is 0 Å². The van der Waals surface area contributed by atoms with E-state index < -0.39 is 22.2 Å². The van der Waals surface area contributed by atoms with Gasteiger partial charge in [-0.25, -0.2) is 0 Å². The number of benzene rings is 1. The Kier molecular flexibility index (Phi) is 3.21. The van der Waals surface area contributed by atoms with E-state index in [1.165, 1.54) is 0 Å². The van der Waals surface area contributed by atoms with Gasteiger partial charge in [0, 0.05) is 23.4 Å². The van der Waals surface area contributed by atoms with Gasteiger partial charge < -0.3 is 5.73 Å². The zero-order valence-corrected chi connectivity index (χ0v) is 8.12. The van der Waals surface area contributed by atoms with E-state index in [-0.39, 0.29) is 17.1 Å². The van der Waals surface area contributed by atoms with Gasteiger partial charge in [-0.1, -0.05) is 0 Å². The Labute approximate surface area is 88.8 Å². The van der Waals surface area contributed by atoms with Crippen LogP contribution in [-0.2, 0) is 0 Å². The fourth-order valence-electron chi connectivity index (χ4n) is 1.03. The Morgan fingerprint density at radius 1 is 1.60 bits per heavy atom. The van der Waals surface area contributed by atoms with E-state index in [9.17, 15) is 19.3 Å². The number of rotatable bonds is 3. The lowest BCUT2D eigenvalue weighted by Gasteiger charge is -2.02. The number of nitrogens with two attached hydrogens (primary N) is 1. The van der Waals surface area contributed by atoms with E-state index >= 15 is 0 Å². The van der Waals surface area contributed by atoms with Crippen LogP contribution in [0.3, 0.4) is 0 Å². The third kappa shape index (κ3) is 2.21. The minimum atomic E-state index is -1.08. The first-order valence-corrected chi connectivity index (χ1v) is 4.33. The van der Waals surface area contributed by atoms with Crippen LogP contribution < -0.4 is 5.73 Å². The second-order valence-corrected chi connectivity index (χ2v) is 2.97. The summed E-state index contributed by atoms with van der Waals surface area (Å²) in [4.78, 5) is 20.6. The molecule has 0 aliphatic rings. The number of alkyl halides is 1. The average Bonchev–Trinajstić information content (AvgIpc) is 2.16. The van der Waals surface area contributed by atoms with Crippen LogP contribution in [0, 0.1) is 15.9 Å². The SMILES string of the molecule is Nc1cc(F)c([N+](=O)[O-])cc1C(=O)CCl. The smallest absolute Gasteiger partial charge is 0.305 e. The summed E-state index contributed by atoms with van der Waals surface area (Å²) in [6.45, 7) is 0. The number of nitro benzene ring substituents is 1. The fraction of sp³-hybridized carbons (Fsp3) is 0.125. The predicted octanol–water partition coefficient (Wildman–Crippen LogP) is 1.74.